The number of carbonyl (C=O) groups is 2. The number of likely N-dealkylation sites (tertiary alicyclic amines) is 2. The van der Waals surface area contributed by atoms with Gasteiger partial charge in [0.1, 0.15) is 0 Å². The maximum atomic E-state index is 12.6. The van der Waals surface area contributed by atoms with Crippen LogP contribution in [0.5, 0.6) is 0 Å². The van der Waals surface area contributed by atoms with Gasteiger partial charge in [0.05, 0.1) is 0 Å². The van der Waals surface area contributed by atoms with Crippen LogP contribution in [0.1, 0.15) is 22.5 Å². The van der Waals surface area contributed by atoms with Gasteiger partial charge in [0.2, 0.25) is 0 Å². The van der Waals surface area contributed by atoms with E-state index >= 15 is 0 Å². The van der Waals surface area contributed by atoms with E-state index in [1.807, 2.05) is 4.90 Å². The van der Waals surface area contributed by atoms with E-state index in [-0.39, 0.29) is 11.6 Å². The van der Waals surface area contributed by atoms with Gasteiger partial charge in [-0.1, -0.05) is 30.3 Å². The molecule has 0 aliphatic carbocycles. The number of rotatable bonds is 5. The molecule has 0 spiro atoms. The Bertz CT molecular complexity index is 805. The number of carbonyl (C=O) groups excluding carboxylic acids is 2. The number of benzene rings is 1. The Morgan fingerprint density at radius 1 is 1.04 bits per heavy atom. The minimum atomic E-state index is -0.682. The van der Waals surface area contributed by atoms with E-state index in [4.69, 9.17) is 5.73 Å². The van der Waals surface area contributed by atoms with Gasteiger partial charge < -0.3 is 15.5 Å². The summed E-state index contributed by atoms with van der Waals surface area (Å²) in [4.78, 5) is 28.1. The molecule has 2 saturated heterocycles. The number of primary amides is 1. The molecule has 2 N–H and O–H groups in total. The molecule has 142 valence electrons. The molecule has 1 aromatic heterocycles. The van der Waals surface area contributed by atoms with Crippen LogP contribution >= 0.6 is 0 Å². The minimum Gasteiger partial charge on any atom is -0.350 e. The summed E-state index contributed by atoms with van der Waals surface area (Å²) in [5.41, 5.74) is 6.86. The molecule has 1 aromatic carbocycles. The smallest absolute Gasteiger partial charge is 0.339 e. The first kappa shape index (κ1) is 17.7. The summed E-state index contributed by atoms with van der Waals surface area (Å²) >= 11 is 0. The van der Waals surface area contributed by atoms with Crippen molar-refractivity contribution in [2.45, 2.75) is 12.8 Å². The zero-order valence-corrected chi connectivity index (χ0v) is 15.3. The average molecular weight is 367 g/mol. The van der Waals surface area contributed by atoms with Crippen molar-refractivity contribution in [2.24, 2.45) is 17.6 Å². The number of nitrogens with two attached hydrogens (primary N) is 1. The lowest BCUT2D eigenvalue weighted by Crippen LogP contribution is -2.34. The quantitative estimate of drug-likeness (QED) is 0.867. The summed E-state index contributed by atoms with van der Waals surface area (Å²) in [5, 5.41) is 3.97. The topological polar surface area (TPSA) is 84.5 Å². The Hall–Kier alpha value is -2.67. The van der Waals surface area contributed by atoms with Crippen LogP contribution in [0.4, 0.5) is 4.79 Å². The van der Waals surface area contributed by atoms with E-state index in [1.54, 1.807) is 6.07 Å². The molecule has 0 radical (unpaired) electrons. The maximum absolute atomic E-state index is 12.6. The summed E-state index contributed by atoms with van der Waals surface area (Å²) in [6.07, 6.45) is 3.71. The van der Waals surface area contributed by atoms with Crippen molar-refractivity contribution < 1.29 is 9.59 Å². The third-order valence-corrected chi connectivity index (χ3v) is 5.67. The second-order valence-corrected chi connectivity index (χ2v) is 7.56. The van der Waals surface area contributed by atoms with Gasteiger partial charge in [-0.3, -0.25) is 4.79 Å². The molecule has 7 nitrogen and oxygen atoms in total. The largest absolute Gasteiger partial charge is 0.350 e. The molecule has 0 bridgehead atoms. The van der Waals surface area contributed by atoms with Gasteiger partial charge in [0.15, 0.2) is 5.69 Å². The zero-order chi connectivity index (χ0) is 18.8. The third-order valence-electron chi connectivity index (χ3n) is 5.67. The number of hydrogen-bond donors (Lipinski definition) is 1. The number of hydrogen-bond acceptors (Lipinski definition) is 4. The molecular weight excluding hydrogens is 342 g/mol. The van der Waals surface area contributed by atoms with Crippen LogP contribution in [0, 0.1) is 11.8 Å². The van der Waals surface area contributed by atoms with Crippen molar-refractivity contribution in [2.75, 3.05) is 32.7 Å². The second kappa shape index (κ2) is 7.52. The highest BCUT2D eigenvalue weighted by molar-refractivity contribution is 5.93. The van der Waals surface area contributed by atoms with Crippen LogP contribution in [0.15, 0.2) is 42.6 Å². The van der Waals surface area contributed by atoms with E-state index in [0.29, 0.717) is 11.8 Å². The lowest BCUT2D eigenvalue weighted by Gasteiger charge is -2.21. The van der Waals surface area contributed by atoms with Gasteiger partial charge in [-0.2, -0.15) is 9.78 Å². The highest BCUT2D eigenvalue weighted by atomic mass is 16.2. The second-order valence-electron chi connectivity index (χ2n) is 7.56. The van der Waals surface area contributed by atoms with E-state index < -0.39 is 6.03 Å². The Morgan fingerprint density at radius 2 is 1.74 bits per heavy atom. The Kier molecular flexibility index (Phi) is 4.94. The number of fused-ring (bicyclic) bond motifs is 1. The van der Waals surface area contributed by atoms with Crippen LogP contribution in [0.2, 0.25) is 0 Å². The predicted molar refractivity (Wildman–Crippen MR) is 101 cm³/mol. The van der Waals surface area contributed by atoms with E-state index in [9.17, 15) is 9.59 Å². The molecule has 0 saturated carbocycles. The van der Waals surface area contributed by atoms with Crippen molar-refractivity contribution in [3.05, 3.63) is 53.9 Å². The molecule has 3 heterocycles. The average Bonchev–Trinajstić information content (AvgIpc) is 3.36. The van der Waals surface area contributed by atoms with Gasteiger partial charge >= 0.3 is 6.03 Å². The van der Waals surface area contributed by atoms with E-state index in [1.165, 1.54) is 11.8 Å². The minimum absolute atomic E-state index is 0.111. The maximum Gasteiger partial charge on any atom is 0.339 e. The van der Waals surface area contributed by atoms with Crippen molar-refractivity contribution in [1.82, 2.24) is 19.6 Å². The Labute approximate surface area is 158 Å². The fourth-order valence-corrected chi connectivity index (χ4v) is 4.31. The van der Waals surface area contributed by atoms with Gasteiger partial charge in [-0.05, 0) is 42.9 Å². The number of amides is 2. The summed E-state index contributed by atoms with van der Waals surface area (Å²) in [5.74, 6) is 0.952. The monoisotopic (exact) mass is 367 g/mol. The Balaban J connectivity index is 1.25. The van der Waals surface area contributed by atoms with Gasteiger partial charge in [0.25, 0.3) is 5.91 Å². The number of nitrogens with zero attached hydrogens (tertiary/aromatic N) is 4. The van der Waals surface area contributed by atoms with Crippen molar-refractivity contribution in [1.29, 1.82) is 0 Å². The zero-order valence-electron chi connectivity index (χ0n) is 15.3. The first-order valence-corrected chi connectivity index (χ1v) is 9.51. The molecule has 2 aromatic rings. The molecule has 27 heavy (non-hydrogen) atoms. The molecule has 2 atom stereocenters. The lowest BCUT2D eigenvalue weighted by atomic mass is 10.0. The first-order valence-electron chi connectivity index (χ1n) is 9.51. The highest BCUT2D eigenvalue weighted by Crippen LogP contribution is 2.31. The normalized spacial score (nSPS) is 22.1. The molecule has 7 heteroatoms. The molecule has 1 unspecified atom stereocenters. The predicted octanol–water partition coefficient (Wildman–Crippen LogP) is 1.45. The lowest BCUT2D eigenvalue weighted by molar-refractivity contribution is 0.0767. The van der Waals surface area contributed by atoms with E-state index in [2.05, 4.69) is 40.3 Å². The first-order chi connectivity index (χ1) is 13.1. The fourth-order valence-electron chi connectivity index (χ4n) is 4.31. The van der Waals surface area contributed by atoms with Crippen molar-refractivity contribution >= 4 is 11.9 Å². The van der Waals surface area contributed by atoms with Crippen LogP contribution in [-0.4, -0.2) is 64.2 Å². The van der Waals surface area contributed by atoms with Gasteiger partial charge in [-0.25, -0.2) is 4.79 Å². The van der Waals surface area contributed by atoms with Crippen molar-refractivity contribution in [3.63, 3.8) is 0 Å². The summed E-state index contributed by atoms with van der Waals surface area (Å²) in [7, 11) is 0. The standard InChI is InChI=1S/C20H25N5O2/c21-20(27)25-10-8-18(22-25)19(26)24-13-16-11-23(12-17(16)14-24)9-4-7-15-5-2-1-3-6-15/h1-3,5-6,8,10,16-17H,4,7,9,11-14H2,(H2,21,27)/t16-,17?/m0/s1. The summed E-state index contributed by atoms with van der Waals surface area (Å²) in [6, 6.07) is 11.5. The van der Waals surface area contributed by atoms with Gasteiger partial charge in [-0.15, -0.1) is 0 Å². The summed E-state index contributed by atoms with van der Waals surface area (Å²) < 4.78 is 0.999. The van der Waals surface area contributed by atoms with Crippen LogP contribution in [0.25, 0.3) is 0 Å². The SMILES string of the molecule is NC(=O)n1ccc(C(=O)N2CC3CN(CCCc4ccccc4)C[C@H]3C2)n1. The Morgan fingerprint density at radius 3 is 2.37 bits per heavy atom. The van der Waals surface area contributed by atoms with Crippen LogP contribution < -0.4 is 5.73 Å². The van der Waals surface area contributed by atoms with Gasteiger partial charge in [0, 0.05) is 32.4 Å². The molecular formula is C20H25N5O2. The van der Waals surface area contributed by atoms with E-state index in [0.717, 1.165) is 50.2 Å². The van der Waals surface area contributed by atoms with Crippen LogP contribution in [0.3, 0.4) is 0 Å². The molecule has 2 aliphatic rings. The molecule has 2 fully saturated rings. The number of aryl methyl sites for hydroxylation is 1. The molecule has 2 aliphatic heterocycles. The summed E-state index contributed by atoms with van der Waals surface area (Å²) in [6.45, 7) is 4.75. The van der Waals surface area contributed by atoms with Crippen molar-refractivity contribution in [3.8, 4) is 0 Å². The highest BCUT2D eigenvalue weighted by Gasteiger charge is 2.41. The number of aromatic nitrogens is 2. The molecule has 4 rings (SSSR count). The van der Waals surface area contributed by atoms with Crippen LogP contribution in [-0.2, 0) is 6.42 Å². The molecule has 2 amide bonds. The fraction of sp³-hybridized carbons (Fsp3) is 0.450. The third kappa shape index (κ3) is 3.88.